The summed E-state index contributed by atoms with van der Waals surface area (Å²) in [5.74, 6) is -0.912. The second-order valence-electron chi connectivity index (χ2n) is 5.41. The molecule has 0 saturated carbocycles. The minimum atomic E-state index is -0.584. The van der Waals surface area contributed by atoms with Gasteiger partial charge >= 0.3 is 0 Å². The molecule has 0 aliphatic rings. The molecule has 22 heavy (non-hydrogen) atoms. The lowest BCUT2D eigenvalue weighted by Crippen LogP contribution is -2.41. The molecule has 0 radical (unpaired) electrons. The summed E-state index contributed by atoms with van der Waals surface area (Å²) >= 11 is 0. The Balaban J connectivity index is 0.00000441. The van der Waals surface area contributed by atoms with Gasteiger partial charge in [-0.25, -0.2) is 4.39 Å². The quantitative estimate of drug-likeness (QED) is 0.748. The summed E-state index contributed by atoms with van der Waals surface area (Å²) in [6.07, 6.45) is 0.766. The number of rotatable bonds is 6. The number of nitrogens with one attached hydrogen (secondary N) is 2. The highest BCUT2D eigenvalue weighted by Crippen LogP contribution is 2.16. The molecule has 0 aromatic heterocycles. The molecule has 5 nitrogen and oxygen atoms in total. The summed E-state index contributed by atoms with van der Waals surface area (Å²) in [5.41, 5.74) is 5.90. The van der Waals surface area contributed by atoms with E-state index < -0.39 is 11.7 Å². The molecular weight excluding hydrogens is 309 g/mol. The van der Waals surface area contributed by atoms with Gasteiger partial charge in [0.05, 0.1) is 5.69 Å². The molecule has 124 valence electrons. The third-order valence-electron chi connectivity index (χ3n) is 2.91. The van der Waals surface area contributed by atoms with Gasteiger partial charge in [0.15, 0.2) is 0 Å². The Kier molecular flexibility index (Phi) is 8.67. The number of amides is 2. The summed E-state index contributed by atoms with van der Waals surface area (Å²) in [6.45, 7) is 5.70. The maximum absolute atomic E-state index is 13.5. The van der Waals surface area contributed by atoms with E-state index in [-0.39, 0.29) is 35.6 Å². The number of carbonyl (C=O) groups is 2. The highest BCUT2D eigenvalue weighted by atomic mass is 35.5. The Labute approximate surface area is 136 Å². The lowest BCUT2D eigenvalue weighted by Gasteiger charge is -2.19. The first-order chi connectivity index (χ1) is 9.83. The van der Waals surface area contributed by atoms with Crippen LogP contribution in [0.15, 0.2) is 18.2 Å². The Morgan fingerprint density at radius 3 is 2.45 bits per heavy atom. The fourth-order valence-corrected chi connectivity index (χ4v) is 2.00. The van der Waals surface area contributed by atoms with Crippen LogP contribution in [0, 0.1) is 11.7 Å². The smallest absolute Gasteiger partial charge is 0.251 e. The van der Waals surface area contributed by atoms with Crippen LogP contribution in [0.3, 0.4) is 0 Å². The molecule has 0 spiro atoms. The maximum atomic E-state index is 13.5. The van der Waals surface area contributed by atoms with E-state index >= 15 is 0 Å². The van der Waals surface area contributed by atoms with E-state index in [0.29, 0.717) is 12.5 Å². The predicted octanol–water partition coefficient (Wildman–Crippen LogP) is 2.31. The molecule has 7 heteroatoms. The minimum Gasteiger partial charge on any atom is -0.348 e. The van der Waals surface area contributed by atoms with Crippen LogP contribution in [0.2, 0.25) is 0 Å². The van der Waals surface area contributed by atoms with Crippen LogP contribution in [0.1, 0.15) is 37.6 Å². The molecule has 1 aromatic rings. The van der Waals surface area contributed by atoms with Gasteiger partial charge in [0.25, 0.3) is 5.91 Å². The van der Waals surface area contributed by atoms with Gasteiger partial charge in [-0.3, -0.25) is 9.59 Å². The Morgan fingerprint density at radius 1 is 1.32 bits per heavy atom. The van der Waals surface area contributed by atoms with Crippen LogP contribution in [0.25, 0.3) is 0 Å². The summed E-state index contributed by atoms with van der Waals surface area (Å²) in [5, 5.41) is 5.16. The number of benzene rings is 1. The number of hydrogen-bond acceptors (Lipinski definition) is 3. The fraction of sp³-hybridized carbons (Fsp3) is 0.467. The van der Waals surface area contributed by atoms with Gasteiger partial charge in [-0.2, -0.15) is 0 Å². The van der Waals surface area contributed by atoms with Gasteiger partial charge in [0.1, 0.15) is 5.82 Å². The largest absolute Gasteiger partial charge is 0.348 e. The van der Waals surface area contributed by atoms with Crippen molar-refractivity contribution in [3.05, 3.63) is 29.6 Å². The van der Waals surface area contributed by atoms with Crippen LogP contribution in [-0.2, 0) is 4.79 Å². The number of nitrogens with two attached hydrogens (primary N) is 1. The van der Waals surface area contributed by atoms with Crippen molar-refractivity contribution < 1.29 is 14.0 Å². The first-order valence-electron chi connectivity index (χ1n) is 6.91. The molecule has 0 saturated heterocycles. The molecule has 1 unspecified atom stereocenters. The third-order valence-corrected chi connectivity index (χ3v) is 2.91. The molecule has 1 aromatic carbocycles. The molecule has 0 aliphatic heterocycles. The minimum absolute atomic E-state index is 0. The van der Waals surface area contributed by atoms with Gasteiger partial charge in [0.2, 0.25) is 5.91 Å². The zero-order valence-electron chi connectivity index (χ0n) is 13.0. The van der Waals surface area contributed by atoms with Gasteiger partial charge in [-0.05, 0) is 30.5 Å². The molecule has 0 aliphatic carbocycles. The third kappa shape index (κ3) is 6.41. The molecule has 4 N–H and O–H groups in total. The molecular formula is C15H23ClFN3O2. The topological polar surface area (TPSA) is 84.2 Å². The van der Waals surface area contributed by atoms with Crippen LogP contribution in [0.4, 0.5) is 10.1 Å². The van der Waals surface area contributed by atoms with E-state index in [2.05, 4.69) is 10.6 Å². The van der Waals surface area contributed by atoms with Crippen molar-refractivity contribution in [2.75, 3.05) is 11.9 Å². The fourth-order valence-electron chi connectivity index (χ4n) is 2.00. The molecule has 1 atom stereocenters. The van der Waals surface area contributed by atoms with E-state index in [1.54, 1.807) is 0 Å². The summed E-state index contributed by atoms with van der Waals surface area (Å²) in [6, 6.07) is 3.71. The standard InChI is InChI=1S/C15H22FN3O2.ClH/c1-9(2)6-12(8-17)19-15(21)11-4-5-13(16)14(7-11)18-10(3)20;/h4-5,7,9,12H,6,8,17H2,1-3H3,(H,18,20)(H,19,21);1H. The van der Waals surface area contributed by atoms with Gasteiger partial charge in [0, 0.05) is 25.1 Å². The highest BCUT2D eigenvalue weighted by Gasteiger charge is 2.15. The van der Waals surface area contributed by atoms with Gasteiger partial charge in [-0.15, -0.1) is 12.4 Å². The lowest BCUT2D eigenvalue weighted by atomic mass is 10.0. The van der Waals surface area contributed by atoms with Crippen molar-refractivity contribution in [2.45, 2.75) is 33.2 Å². The van der Waals surface area contributed by atoms with Crippen molar-refractivity contribution in [3.8, 4) is 0 Å². The highest BCUT2D eigenvalue weighted by molar-refractivity contribution is 5.97. The molecule has 1 rings (SSSR count). The molecule has 2 amide bonds. The summed E-state index contributed by atoms with van der Waals surface area (Å²) in [4.78, 5) is 23.1. The van der Waals surface area contributed by atoms with Crippen LogP contribution in [0.5, 0.6) is 0 Å². The normalized spacial score (nSPS) is 11.5. The average molecular weight is 332 g/mol. The molecule has 0 heterocycles. The van der Waals surface area contributed by atoms with Gasteiger partial charge < -0.3 is 16.4 Å². The number of anilines is 1. The average Bonchev–Trinajstić information content (AvgIpc) is 2.39. The number of hydrogen-bond donors (Lipinski definition) is 3. The summed E-state index contributed by atoms with van der Waals surface area (Å²) < 4.78 is 13.5. The Hall–Kier alpha value is -1.66. The zero-order chi connectivity index (χ0) is 16.0. The van der Waals surface area contributed by atoms with Crippen molar-refractivity contribution in [1.29, 1.82) is 0 Å². The molecule has 0 bridgehead atoms. The van der Waals surface area contributed by atoms with Crippen molar-refractivity contribution in [2.24, 2.45) is 11.7 Å². The zero-order valence-corrected chi connectivity index (χ0v) is 13.8. The van der Waals surface area contributed by atoms with E-state index in [9.17, 15) is 14.0 Å². The number of carbonyl (C=O) groups excluding carboxylic acids is 2. The maximum Gasteiger partial charge on any atom is 0.251 e. The molecule has 0 fully saturated rings. The van der Waals surface area contributed by atoms with Crippen molar-refractivity contribution in [1.82, 2.24) is 5.32 Å². The van der Waals surface area contributed by atoms with E-state index in [1.807, 2.05) is 13.8 Å². The van der Waals surface area contributed by atoms with Crippen molar-refractivity contribution in [3.63, 3.8) is 0 Å². The van der Waals surface area contributed by atoms with Crippen LogP contribution < -0.4 is 16.4 Å². The second kappa shape index (κ2) is 9.38. The number of halogens is 2. The predicted molar refractivity (Wildman–Crippen MR) is 87.7 cm³/mol. The van der Waals surface area contributed by atoms with E-state index in [0.717, 1.165) is 12.5 Å². The lowest BCUT2D eigenvalue weighted by molar-refractivity contribution is -0.114. The van der Waals surface area contributed by atoms with Crippen molar-refractivity contribution >= 4 is 29.9 Å². The van der Waals surface area contributed by atoms with Crippen LogP contribution >= 0.6 is 12.4 Å². The summed E-state index contributed by atoms with van der Waals surface area (Å²) in [7, 11) is 0. The van der Waals surface area contributed by atoms with E-state index in [4.69, 9.17) is 5.73 Å². The Bertz CT molecular complexity index is 524. The van der Waals surface area contributed by atoms with Crippen LogP contribution in [-0.4, -0.2) is 24.4 Å². The Morgan fingerprint density at radius 2 is 1.95 bits per heavy atom. The monoisotopic (exact) mass is 331 g/mol. The first-order valence-corrected chi connectivity index (χ1v) is 6.91. The van der Waals surface area contributed by atoms with Gasteiger partial charge in [-0.1, -0.05) is 13.8 Å². The SMILES string of the molecule is CC(=O)Nc1cc(C(=O)NC(CN)CC(C)C)ccc1F.Cl. The first kappa shape index (κ1) is 20.3. The van der Waals surface area contributed by atoms with E-state index in [1.165, 1.54) is 19.1 Å². The second-order valence-corrected chi connectivity index (χ2v) is 5.41.